The second-order valence-electron chi connectivity index (χ2n) is 8.25. The normalized spacial score (nSPS) is 27.4. The fourth-order valence-electron chi connectivity index (χ4n) is 4.85. The van der Waals surface area contributed by atoms with E-state index in [-0.39, 0.29) is 16.9 Å². The van der Waals surface area contributed by atoms with Gasteiger partial charge >= 0.3 is 7.69 Å². The van der Waals surface area contributed by atoms with Crippen LogP contribution in [0.5, 0.6) is 0 Å². The van der Waals surface area contributed by atoms with Gasteiger partial charge in [-0.25, -0.2) is 0 Å². The van der Waals surface area contributed by atoms with Crippen LogP contribution in [0.15, 0.2) is 24.3 Å². The van der Waals surface area contributed by atoms with Crippen molar-refractivity contribution in [1.82, 2.24) is 10.6 Å². The summed E-state index contributed by atoms with van der Waals surface area (Å²) >= 11 is 0. The lowest BCUT2D eigenvalue weighted by atomic mass is 9.56. The minimum atomic E-state index is -0.483. The zero-order chi connectivity index (χ0) is 20.0. The summed E-state index contributed by atoms with van der Waals surface area (Å²) in [5.74, 6) is -0.169. The third kappa shape index (κ3) is 4.59. The van der Waals surface area contributed by atoms with Crippen molar-refractivity contribution in [2.45, 2.75) is 68.6 Å². The number of carbonyl (C=O) groups excluding carboxylic acids is 1. The van der Waals surface area contributed by atoms with Crippen molar-refractivity contribution in [2.24, 2.45) is 0 Å². The van der Waals surface area contributed by atoms with Gasteiger partial charge in [0.15, 0.2) is 0 Å². The van der Waals surface area contributed by atoms with Gasteiger partial charge in [0.2, 0.25) is 0 Å². The summed E-state index contributed by atoms with van der Waals surface area (Å²) in [6, 6.07) is 8.05. The van der Waals surface area contributed by atoms with E-state index < -0.39 is 13.9 Å². The molecule has 0 spiro atoms. The van der Waals surface area contributed by atoms with Gasteiger partial charge in [-0.3, -0.25) is 4.79 Å². The minimum Gasteiger partial charge on any atom is -0.430 e. The highest BCUT2D eigenvalue weighted by molar-refractivity contribution is 6.16. The lowest BCUT2D eigenvalue weighted by molar-refractivity contribution is -0.0955. The van der Waals surface area contributed by atoms with Gasteiger partial charge in [0.1, 0.15) is 6.23 Å². The molecule has 0 aromatic heterocycles. The molecule has 1 atom stereocenters. The molecule has 0 unspecified atom stereocenters. The molecule has 0 radical (unpaired) electrons. The summed E-state index contributed by atoms with van der Waals surface area (Å²) in [4.78, 5) is 12.6. The monoisotopic (exact) mass is 388 g/mol. The van der Waals surface area contributed by atoms with Crippen LogP contribution in [0.3, 0.4) is 0 Å². The predicted octanol–water partition coefficient (Wildman–Crippen LogP) is 2.01. The summed E-state index contributed by atoms with van der Waals surface area (Å²) < 4.78 is 11.0. The fourth-order valence-corrected chi connectivity index (χ4v) is 4.85. The van der Waals surface area contributed by atoms with E-state index in [1.165, 1.54) is 5.56 Å². The van der Waals surface area contributed by atoms with Crippen molar-refractivity contribution in [3.8, 4) is 0 Å². The van der Waals surface area contributed by atoms with Crippen molar-refractivity contribution in [1.29, 1.82) is 0 Å². The molecule has 0 saturated heterocycles. The standard InChI is InChI=1S/C21H33BN2O4/c1-23-15-3-4-18(28-22-26)24-19(25)16-5-7-17(8-6-16)20-9-12-21(27-2,13-10-20)14-11-20/h5-8,18,22-23,26H,3-4,9-15H2,1-2H3,(H,24,25)/t18-,20?,21?/m1/s1. The average molecular weight is 388 g/mol. The fraction of sp³-hybridized carbons (Fsp3) is 0.667. The first kappa shape index (κ1) is 21.3. The quantitative estimate of drug-likeness (QED) is 0.325. The Morgan fingerprint density at radius 2 is 1.82 bits per heavy atom. The van der Waals surface area contributed by atoms with Gasteiger partial charge in [-0.15, -0.1) is 0 Å². The maximum absolute atomic E-state index is 12.6. The number of benzene rings is 1. The molecule has 3 saturated carbocycles. The van der Waals surface area contributed by atoms with Gasteiger partial charge in [0.05, 0.1) is 5.60 Å². The Bertz CT molecular complexity index is 628. The zero-order valence-electron chi connectivity index (χ0n) is 17.1. The van der Waals surface area contributed by atoms with Gasteiger partial charge in [0, 0.05) is 12.7 Å². The van der Waals surface area contributed by atoms with Crippen LogP contribution in [0.2, 0.25) is 0 Å². The molecule has 1 aromatic carbocycles. The number of hydrogen-bond acceptors (Lipinski definition) is 5. The summed E-state index contributed by atoms with van der Waals surface area (Å²) in [7, 11) is 3.32. The average Bonchev–Trinajstić information content (AvgIpc) is 2.75. The van der Waals surface area contributed by atoms with Crippen molar-refractivity contribution in [3.05, 3.63) is 35.4 Å². The van der Waals surface area contributed by atoms with Crippen LogP contribution in [0.1, 0.15) is 67.3 Å². The van der Waals surface area contributed by atoms with Gasteiger partial charge in [-0.05, 0) is 88.1 Å². The first-order chi connectivity index (χ1) is 13.6. The summed E-state index contributed by atoms with van der Waals surface area (Å²) in [5.41, 5.74) is 2.31. The largest absolute Gasteiger partial charge is 0.436 e. The molecule has 3 aliphatic carbocycles. The predicted molar refractivity (Wildman–Crippen MR) is 110 cm³/mol. The molecule has 3 N–H and O–H groups in total. The Morgan fingerprint density at radius 3 is 2.36 bits per heavy atom. The first-order valence-electron chi connectivity index (χ1n) is 10.4. The number of nitrogens with one attached hydrogen (secondary N) is 2. The smallest absolute Gasteiger partial charge is 0.430 e. The molecule has 154 valence electrons. The number of fused-ring (bicyclic) bond motifs is 3. The first-order valence-corrected chi connectivity index (χ1v) is 10.4. The molecule has 28 heavy (non-hydrogen) atoms. The molecule has 0 aliphatic heterocycles. The lowest BCUT2D eigenvalue weighted by Gasteiger charge is -2.53. The Hall–Kier alpha value is -1.41. The third-order valence-corrected chi connectivity index (χ3v) is 6.83. The highest BCUT2D eigenvalue weighted by atomic mass is 16.5. The van der Waals surface area contributed by atoms with Crippen LogP contribution in [0, 0.1) is 0 Å². The molecule has 3 aliphatic rings. The van der Waals surface area contributed by atoms with E-state index in [0.29, 0.717) is 12.0 Å². The van der Waals surface area contributed by atoms with E-state index >= 15 is 0 Å². The molecule has 4 rings (SSSR count). The molecular formula is C21H33BN2O4. The Morgan fingerprint density at radius 1 is 1.18 bits per heavy atom. The maximum atomic E-state index is 12.6. The van der Waals surface area contributed by atoms with E-state index in [4.69, 9.17) is 14.4 Å². The van der Waals surface area contributed by atoms with E-state index in [2.05, 4.69) is 22.8 Å². The maximum Gasteiger partial charge on any atom is 0.436 e. The Balaban J connectivity index is 1.61. The minimum absolute atomic E-state index is 0.108. The molecule has 1 amide bonds. The van der Waals surface area contributed by atoms with E-state index in [1.807, 2.05) is 26.3 Å². The molecule has 1 aromatic rings. The van der Waals surface area contributed by atoms with Crippen molar-refractivity contribution < 1.29 is 19.2 Å². The van der Waals surface area contributed by atoms with E-state index in [9.17, 15) is 4.79 Å². The van der Waals surface area contributed by atoms with Crippen molar-refractivity contribution in [2.75, 3.05) is 20.7 Å². The second-order valence-corrected chi connectivity index (χ2v) is 8.25. The van der Waals surface area contributed by atoms with Gasteiger partial charge in [-0.2, -0.15) is 0 Å². The van der Waals surface area contributed by atoms with Crippen molar-refractivity contribution >= 4 is 13.6 Å². The molecule has 2 bridgehead atoms. The number of carbonyl (C=O) groups is 1. The van der Waals surface area contributed by atoms with Gasteiger partial charge in [0.25, 0.3) is 5.91 Å². The number of ether oxygens (including phenoxy) is 1. The topological polar surface area (TPSA) is 79.8 Å². The van der Waals surface area contributed by atoms with Crippen LogP contribution in [-0.4, -0.2) is 51.1 Å². The lowest BCUT2D eigenvalue weighted by Crippen LogP contribution is -2.49. The molecule has 7 heteroatoms. The highest BCUT2D eigenvalue weighted by Crippen LogP contribution is 2.54. The molecular weight excluding hydrogens is 355 g/mol. The van der Waals surface area contributed by atoms with Crippen molar-refractivity contribution in [3.63, 3.8) is 0 Å². The summed E-state index contributed by atoms with van der Waals surface area (Å²) in [5, 5.41) is 15.0. The van der Waals surface area contributed by atoms with Crippen LogP contribution >= 0.6 is 0 Å². The highest BCUT2D eigenvalue weighted by Gasteiger charge is 2.49. The number of hydrogen-bond donors (Lipinski definition) is 3. The third-order valence-electron chi connectivity index (χ3n) is 6.83. The zero-order valence-corrected chi connectivity index (χ0v) is 17.1. The number of amides is 1. The van der Waals surface area contributed by atoms with Crippen LogP contribution in [-0.2, 0) is 14.8 Å². The Kier molecular flexibility index (Phi) is 7.15. The SMILES string of the molecule is CNCCC[C@H](NC(=O)c1ccc(C23CCC(OC)(CC2)CC3)cc1)OBO. The van der Waals surface area contributed by atoms with Gasteiger partial charge in [-0.1, -0.05) is 12.1 Å². The van der Waals surface area contributed by atoms with E-state index in [1.54, 1.807) is 0 Å². The van der Waals surface area contributed by atoms with E-state index in [0.717, 1.165) is 51.5 Å². The second kappa shape index (κ2) is 9.40. The molecule has 0 heterocycles. The summed E-state index contributed by atoms with van der Waals surface area (Å²) in [6.07, 6.45) is 7.86. The van der Waals surface area contributed by atoms with Gasteiger partial charge < -0.3 is 25.0 Å². The number of rotatable bonds is 10. The molecule has 3 fully saturated rings. The number of methoxy groups -OCH3 is 1. The molecule has 6 nitrogen and oxygen atoms in total. The van der Waals surface area contributed by atoms with Crippen LogP contribution < -0.4 is 10.6 Å². The Labute approximate surface area is 168 Å². The van der Waals surface area contributed by atoms with Crippen LogP contribution in [0.25, 0.3) is 0 Å². The van der Waals surface area contributed by atoms with Crippen LogP contribution in [0.4, 0.5) is 0 Å². The summed E-state index contributed by atoms with van der Waals surface area (Å²) in [6.45, 7) is 0.836.